The van der Waals surface area contributed by atoms with E-state index in [0.29, 0.717) is 9.92 Å². The number of benzene rings is 2. The summed E-state index contributed by atoms with van der Waals surface area (Å²) >= 11 is 5.78. The Morgan fingerprint density at radius 1 is 1.06 bits per heavy atom. The van der Waals surface area contributed by atoms with E-state index in [0.717, 1.165) is 11.1 Å². The molecule has 0 aliphatic carbocycles. The average Bonchev–Trinajstić information content (AvgIpc) is 2.38. The Hall–Kier alpha value is -1.45. The minimum absolute atomic E-state index is 0.673. The third-order valence-electron chi connectivity index (χ3n) is 2.39. The molecule has 0 amide bonds. The molecular weight excluding hydrogens is 266 g/mol. The third-order valence-corrected chi connectivity index (χ3v) is 3.61. The number of halogens is 1. The SMILES string of the molecule is Cc1ccc([S@](=O)/N=C/c2ccc(Cl)cc2)cc1. The van der Waals surface area contributed by atoms with Gasteiger partial charge in [-0.1, -0.05) is 41.4 Å². The molecule has 0 aliphatic heterocycles. The molecule has 2 rings (SSSR count). The van der Waals surface area contributed by atoms with Crippen LogP contribution in [0, 0.1) is 6.92 Å². The largest absolute Gasteiger partial charge is 0.229 e. The standard InChI is InChI=1S/C14H12ClNOS/c1-11-2-8-14(9-3-11)18(17)16-10-12-4-6-13(15)7-5-12/h2-10H,1H3/b16-10+/t18-/m0/s1. The van der Waals surface area contributed by atoms with Crippen LogP contribution in [0.5, 0.6) is 0 Å². The predicted molar refractivity (Wildman–Crippen MR) is 76.6 cm³/mol. The lowest BCUT2D eigenvalue weighted by molar-refractivity contribution is 0.684. The van der Waals surface area contributed by atoms with Gasteiger partial charge in [0.15, 0.2) is 11.0 Å². The van der Waals surface area contributed by atoms with E-state index >= 15 is 0 Å². The van der Waals surface area contributed by atoms with Gasteiger partial charge in [-0.3, -0.25) is 0 Å². The van der Waals surface area contributed by atoms with Crippen LogP contribution in [-0.2, 0) is 11.0 Å². The highest BCUT2D eigenvalue weighted by Gasteiger charge is 1.99. The van der Waals surface area contributed by atoms with Gasteiger partial charge < -0.3 is 0 Å². The van der Waals surface area contributed by atoms with E-state index in [1.54, 1.807) is 18.3 Å². The Morgan fingerprint density at radius 2 is 1.67 bits per heavy atom. The summed E-state index contributed by atoms with van der Waals surface area (Å²) < 4.78 is 15.9. The second kappa shape index (κ2) is 5.94. The van der Waals surface area contributed by atoms with E-state index < -0.39 is 11.0 Å². The fraction of sp³-hybridized carbons (Fsp3) is 0.0714. The summed E-state index contributed by atoms with van der Waals surface area (Å²) in [5, 5.41) is 0.673. The van der Waals surface area contributed by atoms with Gasteiger partial charge in [-0.15, -0.1) is 0 Å². The zero-order chi connectivity index (χ0) is 13.0. The number of nitrogens with zero attached hydrogens (tertiary/aromatic N) is 1. The van der Waals surface area contributed by atoms with Crippen molar-refractivity contribution in [1.29, 1.82) is 0 Å². The molecule has 2 nitrogen and oxygen atoms in total. The highest BCUT2D eigenvalue weighted by molar-refractivity contribution is 7.83. The maximum Gasteiger partial charge on any atom is 0.172 e. The van der Waals surface area contributed by atoms with Gasteiger partial charge in [0.05, 0.1) is 4.90 Å². The quantitative estimate of drug-likeness (QED) is 0.785. The Labute approximate surface area is 114 Å². The second-order valence-corrected chi connectivity index (χ2v) is 5.47. The highest BCUT2D eigenvalue weighted by atomic mass is 35.5. The van der Waals surface area contributed by atoms with Crippen LogP contribution in [0.1, 0.15) is 11.1 Å². The van der Waals surface area contributed by atoms with Crippen molar-refractivity contribution in [3.05, 3.63) is 64.7 Å². The number of rotatable bonds is 3. The Balaban J connectivity index is 2.11. The molecule has 2 aromatic rings. The minimum Gasteiger partial charge on any atom is -0.229 e. The van der Waals surface area contributed by atoms with Crippen molar-refractivity contribution < 1.29 is 4.21 Å². The van der Waals surface area contributed by atoms with E-state index in [1.807, 2.05) is 43.3 Å². The molecule has 0 aromatic heterocycles. The molecule has 0 saturated heterocycles. The Morgan fingerprint density at radius 3 is 2.28 bits per heavy atom. The van der Waals surface area contributed by atoms with E-state index in [4.69, 9.17) is 11.6 Å². The fourth-order valence-corrected chi connectivity index (χ4v) is 2.21. The maximum atomic E-state index is 11.9. The normalized spacial score (nSPS) is 12.8. The van der Waals surface area contributed by atoms with Crippen molar-refractivity contribution in [2.24, 2.45) is 4.40 Å². The van der Waals surface area contributed by atoms with Crippen LogP contribution < -0.4 is 0 Å². The first-order chi connectivity index (χ1) is 8.65. The first kappa shape index (κ1) is 13.0. The van der Waals surface area contributed by atoms with Crippen molar-refractivity contribution >= 4 is 28.8 Å². The van der Waals surface area contributed by atoms with Crippen molar-refractivity contribution in [2.45, 2.75) is 11.8 Å². The lowest BCUT2D eigenvalue weighted by Crippen LogP contribution is -1.89. The van der Waals surface area contributed by atoms with Crippen LogP contribution in [-0.4, -0.2) is 10.4 Å². The molecule has 0 aliphatic rings. The zero-order valence-corrected chi connectivity index (χ0v) is 11.4. The second-order valence-electron chi connectivity index (χ2n) is 3.85. The predicted octanol–water partition coefficient (Wildman–Crippen LogP) is 3.79. The van der Waals surface area contributed by atoms with Crippen LogP contribution in [0.4, 0.5) is 0 Å². The van der Waals surface area contributed by atoms with Gasteiger partial charge in [0.1, 0.15) is 0 Å². The Bertz CT molecular complexity index is 576. The van der Waals surface area contributed by atoms with E-state index in [9.17, 15) is 4.21 Å². The first-order valence-corrected chi connectivity index (χ1v) is 6.92. The molecule has 0 radical (unpaired) electrons. The summed E-state index contributed by atoms with van der Waals surface area (Å²) in [5.41, 5.74) is 2.01. The third kappa shape index (κ3) is 3.52. The molecule has 0 N–H and O–H groups in total. The van der Waals surface area contributed by atoms with Crippen LogP contribution in [0.25, 0.3) is 0 Å². The van der Waals surface area contributed by atoms with E-state index in [-0.39, 0.29) is 0 Å². The highest BCUT2D eigenvalue weighted by Crippen LogP contribution is 2.11. The number of hydrogen-bond acceptors (Lipinski definition) is 1. The van der Waals surface area contributed by atoms with Crippen molar-refractivity contribution in [3.63, 3.8) is 0 Å². The molecule has 0 fully saturated rings. The van der Waals surface area contributed by atoms with Crippen LogP contribution in [0.2, 0.25) is 5.02 Å². The molecule has 0 spiro atoms. The molecule has 4 heteroatoms. The van der Waals surface area contributed by atoms with Gasteiger partial charge in [0.25, 0.3) is 0 Å². The topological polar surface area (TPSA) is 29.4 Å². The van der Waals surface area contributed by atoms with Crippen molar-refractivity contribution in [1.82, 2.24) is 0 Å². The van der Waals surface area contributed by atoms with Gasteiger partial charge in [0.2, 0.25) is 0 Å². The summed E-state index contributed by atoms with van der Waals surface area (Å²) in [4.78, 5) is 0.700. The van der Waals surface area contributed by atoms with Gasteiger partial charge in [-0.2, -0.15) is 4.40 Å². The van der Waals surface area contributed by atoms with E-state index in [2.05, 4.69) is 4.40 Å². The smallest absolute Gasteiger partial charge is 0.172 e. The van der Waals surface area contributed by atoms with E-state index in [1.165, 1.54) is 0 Å². The Kier molecular flexibility index (Phi) is 4.28. The minimum atomic E-state index is -1.36. The van der Waals surface area contributed by atoms with Gasteiger partial charge in [0, 0.05) is 11.2 Å². The van der Waals surface area contributed by atoms with Crippen LogP contribution >= 0.6 is 11.6 Å². The molecule has 1 atom stereocenters. The van der Waals surface area contributed by atoms with Crippen molar-refractivity contribution in [2.75, 3.05) is 0 Å². The van der Waals surface area contributed by atoms with Gasteiger partial charge in [-0.05, 0) is 36.8 Å². The average molecular weight is 278 g/mol. The molecular formula is C14H12ClNOS. The lowest BCUT2D eigenvalue weighted by atomic mass is 10.2. The maximum absolute atomic E-state index is 11.9. The van der Waals surface area contributed by atoms with Gasteiger partial charge >= 0.3 is 0 Å². The summed E-state index contributed by atoms with van der Waals surface area (Å²) in [6, 6.07) is 14.7. The summed E-state index contributed by atoms with van der Waals surface area (Å²) in [5.74, 6) is 0. The zero-order valence-electron chi connectivity index (χ0n) is 9.84. The molecule has 92 valence electrons. The summed E-state index contributed by atoms with van der Waals surface area (Å²) in [6.07, 6.45) is 1.59. The monoisotopic (exact) mass is 277 g/mol. The molecule has 0 heterocycles. The number of aryl methyl sites for hydroxylation is 1. The van der Waals surface area contributed by atoms with Crippen LogP contribution in [0.3, 0.4) is 0 Å². The molecule has 0 unspecified atom stereocenters. The van der Waals surface area contributed by atoms with Gasteiger partial charge in [-0.25, -0.2) is 4.21 Å². The number of hydrogen-bond donors (Lipinski definition) is 0. The fourth-order valence-electron chi connectivity index (χ4n) is 1.37. The summed E-state index contributed by atoms with van der Waals surface area (Å²) in [6.45, 7) is 1.99. The molecule has 0 saturated carbocycles. The lowest BCUT2D eigenvalue weighted by Gasteiger charge is -1.97. The first-order valence-electron chi connectivity index (χ1n) is 5.43. The van der Waals surface area contributed by atoms with Crippen molar-refractivity contribution in [3.8, 4) is 0 Å². The molecule has 2 aromatic carbocycles. The molecule has 0 bridgehead atoms. The van der Waals surface area contributed by atoms with Crippen LogP contribution in [0.15, 0.2) is 57.8 Å². The molecule has 18 heavy (non-hydrogen) atoms. The summed E-state index contributed by atoms with van der Waals surface area (Å²) in [7, 11) is -1.36.